The second kappa shape index (κ2) is 6.59. The Labute approximate surface area is 154 Å². The molecule has 1 atom stereocenters. The summed E-state index contributed by atoms with van der Waals surface area (Å²) in [5.74, 6) is 0.221. The van der Waals surface area contributed by atoms with Crippen molar-refractivity contribution in [2.75, 3.05) is 13.7 Å². The highest BCUT2D eigenvalue weighted by Gasteiger charge is 2.47. The van der Waals surface area contributed by atoms with Gasteiger partial charge >= 0.3 is 5.63 Å². The van der Waals surface area contributed by atoms with E-state index in [1.165, 1.54) is 19.4 Å². The standard InChI is InChI=1S/C20H19NO6/c1-25-15-5-2-4-12-10-14(19(23)27-17(12)15)18(22)21-11-20(24,13-7-8-13)16-6-3-9-26-16/h2-6,9-10,13,24H,7-8,11H2,1H3,(H,21,22). The summed E-state index contributed by atoms with van der Waals surface area (Å²) in [6.45, 7) is -0.0560. The molecule has 1 aliphatic carbocycles. The van der Waals surface area contributed by atoms with Crippen LogP contribution >= 0.6 is 0 Å². The van der Waals surface area contributed by atoms with E-state index in [0.717, 1.165) is 12.8 Å². The topological polar surface area (TPSA) is 102 Å². The summed E-state index contributed by atoms with van der Waals surface area (Å²) >= 11 is 0. The summed E-state index contributed by atoms with van der Waals surface area (Å²) in [5, 5.41) is 14.2. The van der Waals surface area contributed by atoms with Crippen LogP contribution in [0, 0.1) is 5.92 Å². The first-order valence-electron chi connectivity index (χ1n) is 8.68. The number of benzene rings is 1. The second-order valence-corrected chi connectivity index (χ2v) is 6.68. The van der Waals surface area contributed by atoms with Crippen molar-refractivity contribution < 1.29 is 23.5 Å². The Balaban J connectivity index is 1.60. The van der Waals surface area contributed by atoms with Crippen molar-refractivity contribution in [2.45, 2.75) is 18.4 Å². The summed E-state index contributed by atoms with van der Waals surface area (Å²) in [6.07, 6.45) is 3.19. The minimum absolute atomic E-state index is 0.0150. The fourth-order valence-corrected chi connectivity index (χ4v) is 3.27. The Bertz CT molecular complexity index is 1030. The smallest absolute Gasteiger partial charge is 0.349 e. The average Bonchev–Trinajstić information content (AvgIpc) is 3.39. The molecule has 1 aliphatic rings. The van der Waals surface area contributed by atoms with E-state index in [2.05, 4.69) is 5.32 Å². The third-order valence-electron chi connectivity index (χ3n) is 4.91. The molecule has 2 heterocycles. The molecule has 1 amide bonds. The number of amides is 1. The number of aliphatic hydroxyl groups is 1. The molecule has 0 spiro atoms. The van der Waals surface area contributed by atoms with Crippen molar-refractivity contribution in [3.05, 3.63) is 64.4 Å². The maximum absolute atomic E-state index is 12.6. The molecule has 1 saturated carbocycles. The number of hydrogen-bond donors (Lipinski definition) is 2. The lowest BCUT2D eigenvalue weighted by molar-refractivity contribution is -0.00613. The number of nitrogens with one attached hydrogen (secondary N) is 1. The molecule has 27 heavy (non-hydrogen) atoms. The molecule has 0 bridgehead atoms. The van der Waals surface area contributed by atoms with Crippen molar-refractivity contribution in [3.63, 3.8) is 0 Å². The van der Waals surface area contributed by atoms with Gasteiger partial charge < -0.3 is 24.0 Å². The second-order valence-electron chi connectivity index (χ2n) is 6.68. The maximum atomic E-state index is 12.6. The van der Waals surface area contributed by atoms with Gasteiger partial charge in [0, 0.05) is 5.39 Å². The first-order valence-corrected chi connectivity index (χ1v) is 8.68. The maximum Gasteiger partial charge on any atom is 0.349 e. The number of furan rings is 1. The number of ether oxygens (including phenoxy) is 1. The molecule has 0 saturated heterocycles. The van der Waals surface area contributed by atoms with Crippen molar-refractivity contribution in [2.24, 2.45) is 5.92 Å². The van der Waals surface area contributed by atoms with E-state index >= 15 is 0 Å². The Kier molecular flexibility index (Phi) is 4.24. The molecule has 140 valence electrons. The normalized spacial score (nSPS) is 16.1. The molecule has 1 aromatic carbocycles. The lowest BCUT2D eigenvalue weighted by Crippen LogP contribution is -2.43. The van der Waals surface area contributed by atoms with Gasteiger partial charge in [-0.05, 0) is 43.0 Å². The van der Waals surface area contributed by atoms with Crippen LogP contribution in [0.5, 0.6) is 5.75 Å². The zero-order chi connectivity index (χ0) is 19.0. The number of hydrogen-bond acceptors (Lipinski definition) is 6. The Morgan fingerprint density at radius 3 is 2.81 bits per heavy atom. The monoisotopic (exact) mass is 369 g/mol. The van der Waals surface area contributed by atoms with Crippen LogP contribution in [0.25, 0.3) is 11.0 Å². The fraction of sp³-hybridized carbons (Fsp3) is 0.300. The fourth-order valence-electron chi connectivity index (χ4n) is 3.27. The van der Waals surface area contributed by atoms with Gasteiger partial charge in [0.25, 0.3) is 5.91 Å². The van der Waals surface area contributed by atoms with E-state index in [1.807, 2.05) is 0 Å². The average molecular weight is 369 g/mol. The lowest BCUT2D eigenvalue weighted by atomic mass is 9.94. The first kappa shape index (κ1) is 17.4. The van der Waals surface area contributed by atoms with Gasteiger partial charge in [0.1, 0.15) is 16.9 Å². The van der Waals surface area contributed by atoms with E-state index in [4.69, 9.17) is 13.6 Å². The van der Waals surface area contributed by atoms with Gasteiger partial charge in [0.15, 0.2) is 11.3 Å². The molecule has 3 aromatic rings. The lowest BCUT2D eigenvalue weighted by Gasteiger charge is -2.26. The summed E-state index contributed by atoms with van der Waals surface area (Å²) < 4.78 is 15.8. The van der Waals surface area contributed by atoms with E-state index in [0.29, 0.717) is 16.9 Å². The van der Waals surface area contributed by atoms with Crippen molar-refractivity contribution >= 4 is 16.9 Å². The predicted molar refractivity (Wildman–Crippen MR) is 96.7 cm³/mol. The number of carbonyl (C=O) groups is 1. The third kappa shape index (κ3) is 3.10. The van der Waals surface area contributed by atoms with Crippen LogP contribution in [0.15, 0.2) is 56.3 Å². The van der Waals surface area contributed by atoms with Gasteiger partial charge in [-0.15, -0.1) is 0 Å². The Hall–Kier alpha value is -3.06. The van der Waals surface area contributed by atoms with E-state index in [1.54, 1.807) is 30.3 Å². The number of rotatable bonds is 6. The van der Waals surface area contributed by atoms with E-state index in [9.17, 15) is 14.7 Å². The van der Waals surface area contributed by atoms with Crippen LogP contribution in [0.4, 0.5) is 0 Å². The van der Waals surface area contributed by atoms with Gasteiger partial charge in [-0.25, -0.2) is 4.79 Å². The minimum Gasteiger partial charge on any atom is -0.493 e. The molecular weight excluding hydrogens is 350 g/mol. The van der Waals surface area contributed by atoms with Gasteiger partial charge in [-0.3, -0.25) is 4.79 Å². The van der Waals surface area contributed by atoms with Crippen LogP contribution in [0.3, 0.4) is 0 Å². The molecule has 1 unspecified atom stereocenters. The molecule has 2 aromatic heterocycles. The molecule has 0 radical (unpaired) electrons. The van der Waals surface area contributed by atoms with Crippen LogP contribution < -0.4 is 15.7 Å². The Morgan fingerprint density at radius 2 is 2.15 bits per heavy atom. The number of methoxy groups -OCH3 is 1. The van der Waals surface area contributed by atoms with Crippen molar-refractivity contribution in [1.29, 1.82) is 0 Å². The molecule has 7 nitrogen and oxygen atoms in total. The molecule has 4 rings (SSSR count). The number of fused-ring (bicyclic) bond motifs is 1. The van der Waals surface area contributed by atoms with Gasteiger partial charge in [-0.1, -0.05) is 12.1 Å². The van der Waals surface area contributed by atoms with Crippen LogP contribution in [-0.4, -0.2) is 24.7 Å². The third-order valence-corrected chi connectivity index (χ3v) is 4.91. The van der Waals surface area contributed by atoms with Crippen LogP contribution in [0.1, 0.15) is 29.0 Å². The Morgan fingerprint density at radius 1 is 1.33 bits per heavy atom. The molecule has 2 N–H and O–H groups in total. The first-order chi connectivity index (χ1) is 13.0. The summed E-state index contributed by atoms with van der Waals surface area (Å²) in [5.41, 5.74) is -1.91. The zero-order valence-electron chi connectivity index (χ0n) is 14.7. The number of para-hydroxylation sites is 1. The highest BCUT2D eigenvalue weighted by atomic mass is 16.5. The van der Waals surface area contributed by atoms with Crippen molar-refractivity contribution in [1.82, 2.24) is 5.32 Å². The van der Waals surface area contributed by atoms with Gasteiger partial charge in [0.2, 0.25) is 0 Å². The van der Waals surface area contributed by atoms with Crippen LogP contribution in [0.2, 0.25) is 0 Å². The zero-order valence-corrected chi connectivity index (χ0v) is 14.7. The molecule has 1 fully saturated rings. The quantitative estimate of drug-likeness (QED) is 0.647. The number of carbonyl (C=O) groups excluding carboxylic acids is 1. The summed E-state index contributed by atoms with van der Waals surface area (Å²) in [4.78, 5) is 24.9. The predicted octanol–water partition coefficient (Wildman–Crippen LogP) is 2.42. The highest BCUT2D eigenvalue weighted by Crippen LogP contribution is 2.45. The highest BCUT2D eigenvalue weighted by molar-refractivity contribution is 5.97. The molecule has 0 aliphatic heterocycles. The summed E-state index contributed by atoms with van der Waals surface area (Å²) in [6, 6.07) is 9.97. The molecule has 7 heteroatoms. The van der Waals surface area contributed by atoms with Crippen molar-refractivity contribution in [3.8, 4) is 5.75 Å². The van der Waals surface area contributed by atoms with E-state index in [-0.39, 0.29) is 23.6 Å². The minimum atomic E-state index is -1.29. The molecular formula is C20H19NO6. The SMILES string of the molecule is COc1cccc2cc(C(=O)NCC(O)(c3ccco3)C3CC3)c(=O)oc12. The largest absolute Gasteiger partial charge is 0.493 e. The van der Waals surface area contributed by atoms with Gasteiger partial charge in [-0.2, -0.15) is 0 Å². The van der Waals surface area contributed by atoms with E-state index < -0.39 is 17.1 Å². The summed E-state index contributed by atoms with van der Waals surface area (Å²) in [7, 11) is 1.47. The van der Waals surface area contributed by atoms with Crippen LogP contribution in [-0.2, 0) is 5.60 Å². The van der Waals surface area contributed by atoms with Gasteiger partial charge in [0.05, 0.1) is 19.9 Å².